The van der Waals surface area contributed by atoms with Crippen molar-refractivity contribution in [1.82, 2.24) is 14.7 Å². The molecule has 0 bridgehead atoms. The molecule has 0 unspecified atom stereocenters. The molecule has 4 nitrogen and oxygen atoms in total. The number of nitrogens with zero attached hydrogens (tertiary/aromatic N) is 3. The lowest BCUT2D eigenvalue weighted by atomic mass is 9.69. The molecule has 0 atom stereocenters. The van der Waals surface area contributed by atoms with Gasteiger partial charge in [-0.3, -0.25) is 9.69 Å². The summed E-state index contributed by atoms with van der Waals surface area (Å²) in [5, 5.41) is 0. The first kappa shape index (κ1) is 27.4. The fraction of sp³-hybridized carbons (Fsp3) is 0.962. The van der Waals surface area contributed by atoms with Crippen LogP contribution in [0, 0.1) is 22.7 Å². The molecule has 0 aromatic heterocycles. The molecule has 2 fully saturated rings. The van der Waals surface area contributed by atoms with Crippen molar-refractivity contribution in [3.05, 3.63) is 0 Å². The first-order valence-electron chi connectivity index (χ1n) is 12.7. The second kappa shape index (κ2) is 11.9. The second-order valence-electron chi connectivity index (χ2n) is 11.4. The predicted molar refractivity (Wildman–Crippen MR) is 131 cm³/mol. The lowest BCUT2D eigenvalue weighted by Crippen LogP contribution is -2.51. The molecule has 2 aliphatic heterocycles. The van der Waals surface area contributed by atoms with E-state index < -0.39 is 0 Å². The highest BCUT2D eigenvalue weighted by Gasteiger charge is 2.39. The summed E-state index contributed by atoms with van der Waals surface area (Å²) in [4.78, 5) is 20.6. The van der Waals surface area contributed by atoms with E-state index in [1.165, 1.54) is 45.6 Å². The van der Waals surface area contributed by atoms with Gasteiger partial charge in [-0.2, -0.15) is 0 Å². The summed E-state index contributed by atoms with van der Waals surface area (Å²) in [6, 6.07) is 0.667. The van der Waals surface area contributed by atoms with E-state index in [1.54, 1.807) is 0 Å². The molecule has 0 aromatic carbocycles. The normalized spacial score (nSPS) is 20.5. The van der Waals surface area contributed by atoms with Crippen molar-refractivity contribution in [2.24, 2.45) is 22.7 Å². The average molecular weight is 424 g/mol. The monoisotopic (exact) mass is 423 g/mol. The quantitative estimate of drug-likeness (QED) is 0.550. The fourth-order valence-electron chi connectivity index (χ4n) is 4.99. The van der Waals surface area contributed by atoms with Crippen molar-refractivity contribution in [1.29, 1.82) is 0 Å². The molecule has 0 spiro atoms. The molecule has 178 valence electrons. The molecular weight excluding hydrogens is 370 g/mol. The molecule has 2 heterocycles. The smallest absolute Gasteiger partial charge is 0.228 e. The summed E-state index contributed by atoms with van der Waals surface area (Å²) in [5.41, 5.74) is -0.0800. The SMILES string of the molecule is CC.CC(C)N1CCN(CC2CCN(C(=O)C(C)(C)CC(C)(C)C(C)C)CC2)CC1. The summed E-state index contributed by atoms with van der Waals surface area (Å²) >= 11 is 0. The molecule has 0 aliphatic carbocycles. The van der Waals surface area contributed by atoms with Gasteiger partial charge in [-0.25, -0.2) is 0 Å². The Labute approximate surface area is 188 Å². The molecule has 0 aromatic rings. The van der Waals surface area contributed by atoms with E-state index >= 15 is 0 Å². The van der Waals surface area contributed by atoms with Crippen molar-refractivity contribution < 1.29 is 4.79 Å². The molecule has 2 saturated heterocycles. The van der Waals surface area contributed by atoms with Crippen molar-refractivity contribution >= 4 is 5.91 Å². The zero-order valence-corrected chi connectivity index (χ0v) is 22.1. The maximum atomic E-state index is 13.2. The third-order valence-corrected chi connectivity index (χ3v) is 7.59. The highest BCUT2D eigenvalue weighted by atomic mass is 16.2. The number of carbonyl (C=O) groups is 1. The fourth-order valence-corrected chi connectivity index (χ4v) is 4.99. The summed E-state index contributed by atoms with van der Waals surface area (Å²) in [5.74, 6) is 1.71. The van der Waals surface area contributed by atoms with Crippen LogP contribution in [-0.2, 0) is 4.79 Å². The number of rotatable bonds is 7. The van der Waals surface area contributed by atoms with Gasteiger partial charge in [0.05, 0.1) is 0 Å². The van der Waals surface area contributed by atoms with Gasteiger partial charge < -0.3 is 9.80 Å². The third-order valence-electron chi connectivity index (χ3n) is 7.59. The average Bonchev–Trinajstić information content (AvgIpc) is 2.69. The summed E-state index contributed by atoms with van der Waals surface area (Å²) in [6.07, 6.45) is 3.29. The van der Waals surface area contributed by atoms with Gasteiger partial charge in [-0.05, 0) is 50.4 Å². The Morgan fingerprint density at radius 1 is 0.867 bits per heavy atom. The lowest BCUT2D eigenvalue weighted by molar-refractivity contribution is -0.144. The van der Waals surface area contributed by atoms with Crippen molar-refractivity contribution in [2.75, 3.05) is 45.8 Å². The number of likely N-dealkylation sites (tertiary alicyclic amines) is 1. The van der Waals surface area contributed by atoms with Crippen LogP contribution in [0.2, 0.25) is 0 Å². The van der Waals surface area contributed by atoms with Crippen LogP contribution in [0.4, 0.5) is 0 Å². The van der Waals surface area contributed by atoms with Gasteiger partial charge in [0.1, 0.15) is 0 Å². The maximum Gasteiger partial charge on any atom is 0.228 e. The molecule has 2 rings (SSSR count). The van der Waals surface area contributed by atoms with Crippen LogP contribution in [0.3, 0.4) is 0 Å². The van der Waals surface area contributed by atoms with Crippen LogP contribution in [0.25, 0.3) is 0 Å². The zero-order valence-electron chi connectivity index (χ0n) is 22.1. The van der Waals surface area contributed by atoms with E-state index in [-0.39, 0.29) is 10.8 Å². The first-order valence-corrected chi connectivity index (χ1v) is 12.7. The van der Waals surface area contributed by atoms with Crippen LogP contribution < -0.4 is 0 Å². The summed E-state index contributed by atoms with van der Waals surface area (Å²) < 4.78 is 0. The Balaban J connectivity index is 0.00000218. The molecule has 0 saturated carbocycles. The minimum absolute atomic E-state index is 0.190. The Morgan fingerprint density at radius 3 is 1.80 bits per heavy atom. The van der Waals surface area contributed by atoms with Gasteiger partial charge >= 0.3 is 0 Å². The molecule has 0 N–H and O–H groups in total. The van der Waals surface area contributed by atoms with Gasteiger partial charge in [0, 0.05) is 57.3 Å². The Bertz CT molecular complexity index is 496. The van der Waals surface area contributed by atoms with Crippen molar-refractivity contribution in [2.45, 2.75) is 94.5 Å². The molecule has 4 heteroatoms. The maximum absolute atomic E-state index is 13.2. The molecule has 30 heavy (non-hydrogen) atoms. The standard InChI is InChI=1S/C24H47N3O.C2H6/c1-19(2)23(5,6)18-24(7,8)22(28)27-11-9-21(10-12-27)17-25-13-15-26(16-14-25)20(3)4;1-2/h19-21H,9-18H2,1-8H3;1-2H3. The first-order chi connectivity index (χ1) is 13.9. The van der Waals surface area contributed by atoms with Crippen LogP contribution in [0.1, 0.15) is 88.5 Å². The van der Waals surface area contributed by atoms with Gasteiger partial charge in [0.25, 0.3) is 0 Å². The van der Waals surface area contributed by atoms with Crippen LogP contribution >= 0.6 is 0 Å². The van der Waals surface area contributed by atoms with E-state index in [9.17, 15) is 4.79 Å². The number of piperidine rings is 1. The zero-order chi connectivity index (χ0) is 23.1. The predicted octanol–water partition coefficient (Wildman–Crippen LogP) is 5.38. The van der Waals surface area contributed by atoms with E-state index in [4.69, 9.17) is 0 Å². The Kier molecular flexibility index (Phi) is 10.8. The molecule has 1 amide bonds. The van der Waals surface area contributed by atoms with E-state index in [0.29, 0.717) is 17.9 Å². The Morgan fingerprint density at radius 2 is 1.37 bits per heavy atom. The van der Waals surface area contributed by atoms with Crippen molar-refractivity contribution in [3.8, 4) is 0 Å². The van der Waals surface area contributed by atoms with E-state index in [1.807, 2.05) is 13.8 Å². The number of piperazine rings is 1. The van der Waals surface area contributed by atoms with Crippen LogP contribution in [0.15, 0.2) is 0 Å². The molecular formula is C26H53N3O. The van der Waals surface area contributed by atoms with Crippen LogP contribution in [-0.4, -0.2) is 72.5 Å². The van der Waals surface area contributed by atoms with E-state index in [0.717, 1.165) is 25.4 Å². The largest absolute Gasteiger partial charge is 0.342 e. The number of amides is 1. The number of carbonyl (C=O) groups excluding carboxylic acids is 1. The summed E-state index contributed by atoms with van der Waals surface area (Å²) in [7, 11) is 0. The van der Waals surface area contributed by atoms with Gasteiger partial charge in [0.15, 0.2) is 0 Å². The second-order valence-corrected chi connectivity index (χ2v) is 11.4. The topological polar surface area (TPSA) is 26.8 Å². The third kappa shape index (κ3) is 7.82. The minimum Gasteiger partial charge on any atom is -0.342 e. The Hall–Kier alpha value is -0.610. The highest BCUT2D eigenvalue weighted by molar-refractivity contribution is 5.82. The lowest BCUT2D eigenvalue weighted by Gasteiger charge is -2.43. The van der Waals surface area contributed by atoms with Gasteiger partial charge in [-0.1, -0.05) is 55.4 Å². The van der Waals surface area contributed by atoms with Crippen LogP contribution in [0.5, 0.6) is 0 Å². The molecule has 2 aliphatic rings. The minimum atomic E-state index is -0.270. The summed E-state index contributed by atoms with van der Waals surface area (Å²) in [6.45, 7) is 30.0. The highest BCUT2D eigenvalue weighted by Crippen LogP contribution is 2.40. The van der Waals surface area contributed by atoms with Gasteiger partial charge in [0.2, 0.25) is 5.91 Å². The number of hydrogen-bond donors (Lipinski definition) is 0. The van der Waals surface area contributed by atoms with Gasteiger partial charge in [-0.15, -0.1) is 0 Å². The molecule has 0 radical (unpaired) electrons. The van der Waals surface area contributed by atoms with E-state index in [2.05, 4.69) is 70.1 Å². The van der Waals surface area contributed by atoms with Crippen molar-refractivity contribution in [3.63, 3.8) is 0 Å². The number of hydrogen-bond acceptors (Lipinski definition) is 3.